The zero-order valence-electron chi connectivity index (χ0n) is 14.4. The molecule has 2 aromatic rings. The lowest BCUT2D eigenvalue weighted by molar-refractivity contribution is 0.580. The first kappa shape index (κ1) is 22.3. The van der Waals surface area contributed by atoms with Crippen LogP contribution in [0.5, 0.6) is 0 Å². The lowest BCUT2D eigenvalue weighted by Gasteiger charge is -2.12. The standard InChI is InChI=1S/C16H22N6O2S.HI/c1-17-16(20-10-7-14-5-2-3-9-19-14)21-11-12-22-25(23,24)15-6-4-8-18-13-15;/h2-6,8-9,13,22H,7,10-12H2,1H3,(H2,17,20,21);1H. The minimum absolute atomic E-state index is 0. The van der Waals surface area contributed by atoms with Crippen LogP contribution in [0.25, 0.3) is 0 Å². The van der Waals surface area contributed by atoms with Crippen molar-refractivity contribution in [1.82, 2.24) is 25.3 Å². The third kappa shape index (κ3) is 7.62. The topological polar surface area (TPSA) is 108 Å². The Hall–Kier alpha value is -1.79. The van der Waals surface area contributed by atoms with Gasteiger partial charge < -0.3 is 10.6 Å². The molecule has 3 N–H and O–H groups in total. The quantitative estimate of drug-likeness (QED) is 0.219. The molecular formula is C16H23IN6O2S. The predicted octanol–water partition coefficient (Wildman–Crippen LogP) is 0.781. The average Bonchev–Trinajstić information content (AvgIpc) is 2.65. The Morgan fingerprint density at radius 1 is 1.08 bits per heavy atom. The maximum atomic E-state index is 12.0. The summed E-state index contributed by atoms with van der Waals surface area (Å²) in [5.41, 5.74) is 0.995. The van der Waals surface area contributed by atoms with E-state index >= 15 is 0 Å². The second-order valence-electron chi connectivity index (χ2n) is 5.08. The van der Waals surface area contributed by atoms with Crippen LogP contribution in [0.2, 0.25) is 0 Å². The summed E-state index contributed by atoms with van der Waals surface area (Å²) in [6.07, 6.45) is 5.38. The first-order valence-electron chi connectivity index (χ1n) is 7.86. The van der Waals surface area contributed by atoms with Gasteiger partial charge in [-0.2, -0.15) is 0 Å². The van der Waals surface area contributed by atoms with E-state index in [1.807, 2.05) is 18.2 Å². The van der Waals surface area contributed by atoms with E-state index in [4.69, 9.17) is 0 Å². The third-order valence-electron chi connectivity index (χ3n) is 3.28. The van der Waals surface area contributed by atoms with Crippen LogP contribution < -0.4 is 15.4 Å². The smallest absolute Gasteiger partial charge is 0.242 e. The van der Waals surface area contributed by atoms with Gasteiger partial charge in [-0.25, -0.2) is 13.1 Å². The van der Waals surface area contributed by atoms with E-state index in [0.29, 0.717) is 19.0 Å². The summed E-state index contributed by atoms with van der Waals surface area (Å²) >= 11 is 0. The summed E-state index contributed by atoms with van der Waals surface area (Å²) in [6, 6.07) is 8.87. The number of rotatable bonds is 8. The molecule has 0 unspecified atom stereocenters. The van der Waals surface area contributed by atoms with Gasteiger partial charge in [0.15, 0.2) is 5.96 Å². The first-order valence-corrected chi connectivity index (χ1v) is 9.34. The van der Waals surface area contributed by atoms with Gasteiger partial charge in [0.25, 0.3) is 0 Å². The number of sulfonamides is 1. The van der Waals surface area contributed by atoms with Gasteiger partial charge in [-0.05, 0) is 24.3 Å². The fraction of sp³-hybridized carbons (Fsp3) is 0.312. The molecule has 2 rings (SSSR count). The highest BCUT2D eigenvalue weighted by Crippen LogP contribution is 2.04. The van der Waals surface area contributed by atoms with Gasteiger partial charge in [-0.3, -0.25) is 15.0 Å². The van der Waals surface area contributed by atoms with Crippen molar-refractivity contribution in [3.8, 4) is 0 Å². The molecule has 0 aliphatic heterocycles. The Bertz CT molecular complexity index is 772. The van der Waals surface area contributed by atoms with Crippen molar-refractivity contribution in [2.24, 2.45) is 4.99 Å². The number of hydrogen-bond donors (Lipinski definition) is 3. The molecule has 26 heavy (non-hydrogen) atoms. The molecule has 0 aliphatic rings. The fourth-order valence-electron chi connectivity index (χ4n) is 2.03. The Morgan fingerprint density at radius 2 is 1.88 bits per heavy atom. The van der Waals surface area contributed by atoms with E-state index in [-0.39, 0.29) is 35.4 Å². The van der Waals surface area contributed by atoms with E-state index in [1.54, 1.807) is 19.3 Å². The van der Waals surface area contributed by atoms with Gasteiger partial charge in [0.05, 0.1) is 0 Å². The monoisotopic (exact) mass is 490 g/mol. The minimum Gasteiger partial charge on any atom is -0.356 e. The number of nitrogens with one attached hydrogen (secondary N) is 3. The lowest BCUT2D eigenvalue weighted by atomic mass is 10.3. The maximum Gasteiger partial charge on any atom is 0.242 e. The zero-order valence-corrected chi connectivity index (χ0v) is 17.6. The number of pyridine rings is 2. The van der Waals surface area contributed by atoms with Gasteiger partial charge in [0.1, 0.15) is 4.90 Å². The van der Waals surface area contributed by atoms with Crippen LogP contribution >= 0.6 is 24.0 Å². The van der Waals surface area contributed by atoms with Crippen LogP contribution in [0.4, 0.5) is 0 Å². The minimum atomic E-state index is -3.54. The van der Waals surface area contributed by atoms with Crippen LogP contribution in [0, 0.1) is 0 Å². The van der Waals surface area contributed by atoms with Crippen LogP contribution in [0.1, 0.15) is 5.69 Å². The molecule has 2 heterocycles. The second kappa shape index (κ2) is 11.8. The van der Waals surface area contributed by atoms with Crippen LogP contribution in [-0.4, -0.2) is 51.0 Å². The lowest BCUT2D eigenvalue weighted by Crippen LogP contribution is -2.42. The van der Waals surface area contributed by atoms with Crippen LogP contribution in [0.3, 0.4) is 0 Å². The Labute approximate surface area is 171 Å². The van der Waals surface area contributed by atoms with Crippen LogP contribution in [0.15, 0.2) is 58.8 Å². The number of guanidine groups is 1. The fourth-order valence-corrected chi connectivity index (χ4v) is 3.03. The second-order valence-corrected chi connectivity index (χ2v) is 6.85. The predicted molar refractivity (Wildman–Crippen MR) is 112 cm³/mol. The summed E-state index contributed by atoms with van der Waals surface area (Å²) in [5, 5.41) is 6.21. The molecule has 0 bridgehead atoms. The molecule has 0 fully saturated rings. The molecule has 0 saturated carbocycles. The number of hydrogen-bond acceptors (Lipinski definition) is 5. The SMILES string of the molecule is CN=C(NCCNS(=O)(=O)c1cccnc1)NCCc1ccccn1.I. The highest BCUT2D eigenvalue weighted by molar-refractivity contribution is 14.0. The molecule has 2 aromatic heterocycles. The normalized spacial score (nSPS) is 11.5. The van der Waals surface area contributed by atoms with E-state index in [1.165, 1.54) is 18.5 Å². The Balaban J connectivity index is 0.00000338. The number of aromatic nitrogens is 2. The molecule has 8 nitrogen and oxygen atoms in total. The summed E-state index contributed by atoms with van der Waals surface area (Å²) in [6.45, 7) is 1.32. The molecule has 0 saturated heterocycles. The van der Waals surface area contributed by atoms with Gasteiger partial charge in [-0.15, -0.1) is 24.0 Å². The van der Waals surface area contributed by atoms with E-state index < -0.39 is 10.0 Å². The summed E-state index contributed by atoms with van der Waals surface area (Å²) in [7, 11) is -1.88. The molecule has 0 radical (unpaired) electrons. The molecule has 0 spiro atoms. The third-order valence-corrected chi connectivity index (χ3v) is 4.72. The summed E-state index contributed by atoms with van der Waals surface area (Å²) < 4.78 is 26.6. The number of halogens is 1. The van der Waals surface area contributed by atoms with Crippen molar-refractivity contribution in [3.05, 3.63) is 54.6 Å². The highest BCUT2D eigenvalue weighted by atomic mass is 127. The van der Waals surface area contributed by atoms with Crippen molar-refractivity contribution in [2.45, 2.75) is 11.3 Å². The zero-order chi connectivity index (χ0) is 18.0. The summed E-state index contributed by atoms with van der Waals surface area (Å²) in [4.78, 5) is 12.3. The van der Waals surface area contributed by atoms with E-state index in [2.05, 4.69) is 30.3 Å². The van der Waals surface area contributed by atoms with Crippen molar-refractivity contribution in [1.29, 1.82) is 0 Å². The van der Waals surface area contributed by atoms with Crippen molar-refractivity contribution in [3.63, 3.8) is 0 Å². The molecule has 0 amide bonds. The molecule has 0 aromatic carbocycles. The van der Waals surface area contributed by atoms with E-state index in [9.17, 15) is 8.42 Å². The molecule has 0 aliphatic carbocycles. The van der Waals surface area contributed by atoms with Gasteiger partial charge in [-0.1, -0.05) is 6.07 Å². The van der Waals surface area contributed by atoms with Gasteiger partial charge in [0, 0.05) is 57.4 Å². The maximum absolute atomic E-state index is 12.0. The number of aliphatic imine (C=N–C) groups is 1. The summed E-state index contributed by atoms with van der Waals surface area (Å²) in [5.74, 6) is 0.608. The van der Waals surface area contributed by atoms with Crippen molar-refractivity contribution >= 4 is 40.0 Å². The molecule has 0 atom stereocenters. The van der Waals surface area contributed by atoms with Crippen molar-refractivity contribution in [2.75, 3.05) is 26.7 Å². The Kier molecular flexibility index (Phi) is 10.1. The Morgan fingerprint density at radius 3 is 2.54 bits per heavy atom. The average molecular weight is 490 g/mol. The van der Waals surface area contributed by atoms with Gasteiger partial charge >= 0.3 is 0 Å². The first-order chi connectivity index (χ1) is 12.1. The van der Waals surface area contributed by atoms with Crippen molar-refractivity contribution < 1.29 is 8.42 Å². The molecule has 10 heteroatoms. The molecular weight excluding hydrogens is 467 g/mol. The highest BCUT2D eigenvalue weighted by Gasteiger charge is 2.12. The van der Waals surface area contributed by atoms with Crippen LogP contribution in [-0.2, 0) is 16.4 Å². The largest absolute Gasteiger partial charge is 0.356 e. The van der Waals surface area contributed by atoms with E-state index in [0.717, 1.165) is 12.1 Å². The van der Waals surface area contributed by atoms with Gasteiger partial charge in [0.2, 0.25) is 10.0 Å². The number of nitrogens with zero attached hydrogens (tertiary/aromatic N) is 3. The molecule has 142 valence electrons.